The van der Waals surface area contributed by atoms with Crippen LogP contribution in [0.15, 0.2) is 18.2 Å². The van der Waals surface area contributed by atoms with Gasteiger partial charge >= 0.3 is 0 Å². The highest BCUT2D eigenvalue weighted by molar-refractivity contribution is 5.80. The Hall–Kier alpha value is -1.55. The summed E-state index contributed by atoms with van der Waals surface area (Å²) in [5.41, 5.74) is 2.27. The molecule has 0 fully saturated rings. The van der Waals surface area contributed by atoms with Gasteiger partial charge in [-0.25, -0.2) is 0 Å². The minimum Gasteiger partial charge on any atom is -0.481 e. The smallest absolute Gasteiger partial charge is 0.260 e. The quantitative estimate of drug-likeness (QED) is 0.806. The number of aryl methyl sites for hydroxylation is 1. The van der Waals surface area contributed by atoms with Crippen molar-refractivity contribution < 1.29 is 9.53 Å². The Kier molecular flexibility index (Phi) is 6.52. The van der Waals surface area contributed by atoms with E-state index >= 15 is 0 Å². The molecule has 1 rings (SSSR count). The Labute approximate surface area is 121 Å². The van der Waals surface area contributed by atoms with Gasteiger partial charge in [-0.15, -0.1) is 0 Å². The van der Waals surface area contributed by atoms with Crippen LogP contribution in [-0.4, -0.2) is 25.1 Å². The highest BCUT2D eigenvalue weighted by Gasteiger charge is 2.17. The molecule has 0 aromatic heterocycles. The molecule has 0 aliphatic carbocycles. The highest BCUT2D eigenvalue weighted by Crippen LogP contribution is 2.27. The van der Waals surface area contributed by atoms with E-state index in [0.717, 1.165) is 17.9 Å². The van der Waals surface area contributed by atoms with Gasteiger partial charge in [-0.3, -0.25) is 4.79 Å². The van der Waals surface area contributed by atoms with Crippen molar-refractivity contribution in [3.8, 4) is 5.75 Å². The molecule has 4 nitrogen and oxygen atoms in total. The minimum absolute atomic E-state index is 0.0878. The summed E-state index contributed by atoms with van der Waals surface area (Å²) in [4.78, 5) is 11.8. The van der Waals surface area contributed by atoms with E-state index in [0.29, 0.717) is 6.54 Å². The van der Waals surface area contributed by atoms with Gasteiger partial charge in [-0.05, 0) is 40.3 Å². The fraction of sp³-hybridized carbons (Fsp3) is 0.562. The molecule has 0 saturated heterocycles. The van der Waals surface area contributed by atoms with Gasteiger partial charge in [0.1, 0.15) is 5.75 Å². The van der Waals surface area contributed by atoms with Crippen LogP contribution < -0.4 is 15.4 Å². The Morgan fingerprint density at radius 2 is 1.95 bits per heavy atom. The van der Waals surface area contributed by atoms with Crippen molar-refractivity contribution in [2.45, 2.75) is 46.8 Å². The number of benzene rings is 1. The van der Waals surface area contributed by atoms with Crippen molar-refractivity contribution in [1.82, 2.24) is 10.6 Å². The van der Waals surface area contributed by atoms with E-state index in [4.69, 9.17) is 4.74 Å². The lowest BCUT2D eigenvalue weighted by atomic mass is 10.0. The second kappa shape index (κ2) is 7.90. The van der Waals surface area contributed by atoms with Crippen LogP contribution in [0.4, 0.5) is 0 Å². The molecule has 0 bridgehead atoms. The second-order valence-corrected chi connectivity index (χ2v) is 4.98. The minimum atomic E-state index is -0.495. The third-order valence-electron chi connectivity index (χ3n) is 3.17. The van der Waals surface area contributed by atoms with Crippen LogP contribution in [0.5, 0.6) is 5.75 Å². The van der Waals surface area contributed by atoms with Crippen molar-refractivity contribution in [2.75, 3.05) is 13.1 Å². The van der Waals surface area contributed by atoms with Crippen molar-refractivity contribution in [1.29, 1.82) is 0 Å². The van der Waals surface area contributed by atoms with E-state index in [9.17, 15) is 4.79 Å². The lowest BCUT2D eigenvalue weighted by Crippen LogP contribution is -2.36. The zero-order valence-corrected chi connectivity index (χ0v) is 13.1. The molecule has 0 spiro atoms. The number of carbonyl (C=O) groups is 1. The van der Waals surface area contributed by atoms with Gasteiger partial charge in [0.25, 0.3) is 5.91 Å². The summed E-state index contributed by atoms with van der Waals surface area (Å²) in [6, 6.07) is 6.24. The second-order valence-electron chi connectivity index (χ2n) is 4.98. The number of likely N-dealkylation sites (N-methyl/N-ethyl adjacent to an activating group) is 1. The molecule has 2 atom stereocenters. The fourth-order valence-corrected chi connectivity index (χ4v) is 2.09. The van der Waals surface area contributed by atoms with Crippen LogP contribution in [0.2, 0.25) is 0 Å². The van der Waals surface area contributed by atoms with Gasteiger partial charge in [0.2, 0.25) is 0 Å². The Morgan fingerprint density at radius 1 is 1.25 bits per heavy atom. The normalized spacial score (nSPS) is 13.7. The molecule has 4 heteroatoms. The predicted molar refractivity (Wildman–Crippen MR) is 82.0 cm³/mol. The van der Waals surface area contributed by atoms with Crippen LogP contribution in [0.1, 0.15) is 44.9 Å². The van der Waals surface area contributed by atoms with E-state index in [1.165, 1.54) is 5.56 Å². The van der Waals surface area contributed by atoms with Crippen molar-refractivity contribution in [2.24, 2.45) is 0 Å². The molecule has 1 aromatic carbocycles. The van der Waals surface area contributed by atoms with Gasteiger partial charge in [-0.2, -0.15) is 0 Å². The summed E-state index contributed by atoms with van der Waals surface area (Å²) in [7, 11) is 0. The van der Waals surface area contributed by atoms with Gasteiger partial charge in [0.15, 0.2) is 6.10 Å². The van der Waals surface area contributed by atoms with Crippen LogP contribution in [0.25, 0.3) is 0 Å². The number of nitrogens with one attached hydrogen (secondary N) is 2. The lowest BCUT2D eigenvalue weighted by molar-refractivity contribution is -0.127. The van der Waals surface area contributed by atoms with Crippen molar-refractivity contribution in [3.63, 3.8) is 0 Å². The summed E-state index contributed by atoms with van der Waals surface area (Å²) < 4.78 is 5.83. The van der Waals surface area contributed by atoms with E-state index in [-0.39, 0.29) is 11.9 Å². The molecule has 0 aliphatic heterocycles. The van der Waals surface area contributed by atoms with Crippen LogP contribution in [-0.2, 0) is 4.79 Å². The molecule has 112 valence electrons. The van der Waals surface area contributed by atoms with Crippen molar-refractivity contribution in [3.05, 3.63) is 29.3 Å². The monoisotopic (exact) mass is 278 g/mol. The first-order chi connectivity index (χ1) is 9.49. The lowest BCUT2D eigenvalue weighted by Gasteiger charge is -2.21. The van der Waals surface area contributed by atoms with Crippen molar-refractivity contribution >= 4 is 5.91 Å². The molecule has 1 amide bonds. The summed E-state index contributed by atoms with van der Waals surface area (Å²) >= 11 is 0. The van der Waals surface area contributed by atoms with Gasteiger partial charge < -0.3 is 15.4 Å². The van der Waals surface area contributed by atoms with Crippen LogP contribution in [0, 0.1) is 6.92 Å². The first kappa shape index (κ1) is 16.5. The third-order valence-corrected chi connectivity index (χ3v) is 3.17. The molecule has 0 aliphatic rings. The zero-order valence-electron chi connectivity index (χ0n) is 13.1. The summed E-state index contributed by atoms with van der Waals surface area (Å²) in [6.07, 6.45) is -0.495. The number of hydrogen-bond donors (Lipinski definition) is 2. The van der Waals surface area contributed by atoms with E-state index in [1.807, 2.05) is 19.1 Å². The molecule has 2 unspecified atom stereocenters. The Morgan fingerprint density at radius 3 is 2.55 bits per heavy atom. The predicted octanol–water partition coefficient (Wildman–Crippen LogP) is 2.57. The number of amides is 1. The van der Waals surface area contributed by atoms with Crippen LogP contribution in [0.3, 0.4) is 0 Å². The average molecular weight is 278 g/mol. The molecule has 0 radical (unpaired) electrons. The number of ether oxygens (including phenoxy) is 1. The molecule has 1 aromatic rings. The fourth-order valence-electron chi connectivity index (χ4n) is 2.09. The first-order valence-electron chi connectivity index (χ1n) is 7.27. The van der Waals surface area contributed by atoms with Crippen LogP contribution >= 0.6 is 0 Å². The average Bonchev–Trinajstić information content (AvgIpc) is 2.41. The highest BCUT2D eigenvalue weighted by atomic mass is 16.5. The van der Waals surface area contributed by atoms with E-state index < -0.39 is 6.10 Å². The molecular weight excluding hydrogens is 252 g/mol. The van der Waals surface area contributed by atoms with E-state index in [1.54, 1.807) is 6.92 Å². The maximum atomic E-state index is 11.8. The topological polar surface area (TPSA) is 50.4 Å². The Balaban J connectivity index is 2.91. The largest absolute Gasteiger partial charge is 0.481 e. The van der Waals surface area contributed by atoms with Gasteiger partial charge in [0, 0.05) is 18.2 Å². The molecule has 0 saturated carbocycles. The first-order valence-corrected chi connectivity index (χ1v) is 7.27. The molecule has 2 N–H and O–H groups in total. The molecule has 20 heavy (non-hydrogen) atoms. The van der Waals surface area contributed by atoms with Gasteiger partial charge in [0.05, 0.1) is 0 Å². The third kappa shape index (κ3) is 4.53. The molecule has 0 heterocycles. The maximum absolute atomic E-state index is 11.8. The number of hydrogen-bond acceptors (Lipinski definition) is 3. The summed E-state index contributed by atoms with van der Waals surface area (Å²) in [5, 5.41) is 6.15. The Bertz CT molecular complexity index is 446. The standard InChI is InChI=1S/C16H26N2O2/c1-6-17-12(4)14-10-11(3)8-9-15(14)20-13(5)16(19)18-7-2/h8-10,12-13,17H,6-7H2,1-5H3,(H,18,19). The van der Waals surface area contributed by atoms with Gasteiger partial charge in [-0.1, -0.05) is 24.6 Å². The SMILES string of the molecule is CCNC(=O)C(C)Oc1ccc(C)cc1C(C)NCC. The zero-order chi connectivity index (χ0) is 15.1. The summed E-state index contributed by atoms with van der Waals surface area (Å²) in [6.45, 7) is 11.4. The van der Waals surface area contributed by atoms with E-state index in [2.05, 4.69) is 37.5 Å². The maximum Gasteiger partial charge on any atom is 0.260 e. The molecular formula is C16H26N2O2. The number of carbonyl (C=O) groups excluding carboxylic acids is 1. The summed E-state index contributed by atoms with van der Waals surface area (Å²) in [5.74, 6) is 0.679. The number of rotatable bonds is 7.